The molecule has 0 fully saturated rings. The summed E-state index contributed by atoms with van der Waals surface area (Å²) >= 11 is 8.72. The molecule has 0 spiro atoms. The lowest BCUT2D eigenvalue weighted by Crippen LogP contribution is -2.14. The van der Waals surface area contributed by atoms with Crippen molar-refractivity contribution < 1.29 is 9.53 Å². The van der Waals surface area contributed by atoms with Gasteiger partial charge in [0.1, 0.15) is 5.75 Å². The number of nitrogens with one attached hydrogen (secondary N) is 1. The second-order valence-electron chi connectivity index (χ2n) is 7.21. The summed E-state index contributed by atoms with van der Waals surface area (Å²) in [5, 5.41) is 13.4. The van der Waals surface area contributed by atoms with Crippen molar-refractivity contribution in [1.29, 1.82) is 0 Å². The van der Waals surface area contributed by atoms with Crippen LogP contribution in [0.2, 0.25) is 5.02 Å². The molecule has 7 nitrogen and oxygen atoms in total. The Kier molecular flexibility index (Phi) is 7.99. The number of rotatable bonds is 10. The molecule has 4 aromatic rings. The third-order valence-corrected chi connectivity index (χ3v) is 6.93. The average molecular weight is 512 g/mol. The fourth-order valence-corrected chi connectivity index (χ4v) is 4.92. The van der Waals surface area contributed by atoms with Crippen LogP contribution in [0.5, 0.6) is 5.75 Å². The zero-order valence-corrected chi connectivity index (χ0v) is 20.8. The van der Waals surface area contributed by atoms with E-state index in [9.17, 15) is 4.79 Å². The maximum Gasteiger partial charge on any atom is 0.236 e. The van der Waals surface area contributed by atoms with Crippen molar-refractivity contribution in [2.45, 2.75) is 18.1 Å². The van der Waals surface area contributed by atoms with Gasteiger partial charge in [0.05, 0.1) is 12.9 Å². The third kappa shape index (κ3) is 6.05. The standard InChI is InChI=1S/C24H22ClN5O2S2/c1-3-12-30-22(17-6-10-19(32-2)11-7-17)28-29-24(30)33-15-21(31)27-23-26-14-20(34-23)13-16-4-8-18(25)9-5-16/h3-11,14H,1,12-13,15H2,2H3,(H,26,27,31). The second kappa shape index (κ2) is 11.3. The normalized spacial score (nSPS) is 10.8. The van der Waals surface area contributed by atoms with Gasteiger partial charge >= 0.3 is 0 Å². The van der Waals surface area contributed by atoms with Crippen molar-refractivity contribution in [1.82, 2.24) is 19.7 Å². The first-order valence-electron chi connectivity index (χ1n) is 10.4. The molecule has 0 aliphatic rings. The van der Waals surface area contributed by atoms with Gasteiger partial charge in [-0.15, -0.1) is 28.1 Å². The molecule has 10 heteroatoms. The Morgan fingerprint density at radius 3 is 2.68 bits per heavy atom. The quantitative estimate of drug-likeness (QED) is 0.221. The zero-order valence-electron chi connectivity index (χ0n) is 18.4. The van der Waals surface area contributed by atoms with Gasteiger partial charge in [-0.25, -0.2) is 4.98 Å². The highest BCUT2D eigenvalue weighted by molar-refractivity contribution is 7.99. The fraction of sp³-hybridized carbons (Fsp3) is 0.167. The number of carbonyl (C=O) groups is 1. The van der Waals surface area contributed by atoms with E-state index in [0.29, 0.717) is 27.7 Å². The Hall–Kier alpha value is -3.14. The molecule has 0 bridgehead atoms. The number of benzene rings is 2. The number of thiazole rings is 1. The van der Waals surface area contributed by atoms with Crippen LogP contribution in [0.1, 0.15) is 10.4 Å². The van der Waals surface area contributed by atoms with E-state index in [1.807, 2.05) is 53.1 Å². The van der Waals surface area contributed by atoms with Gasteiger partial charge in [0, 0.05) is 34.6 Å². The van der Waals surface area contributed by atoms with Crippen molar-refractivity contribution in [3.05, 3.63) is 82.8 Å². The minimum atomic E-state index is -0.156. The van der Waals surface area contributed by atoms with Gasteiger partial charge in [-0.05, 0) is 42.0 Å². The number of amides is 1. The Morgan fingerprint density at radius 2 is 1.97 bits per heavy atom. The molecular formula is C24H22ClN5O2S2. The number of anilines is 1. The van der Waals surface area contributed by atoms with E-state index in [-0.39, 0.29) is 11.7 Å². The summed E-state index contributed by atoms with van der Waals surface area (Å²) < 4.78 is 7.15. The molecule has 174 valence electrons. The lowest BCUT2D eigenvalue weighted by molar-refractivity contribution is -0.113. The van der Waals surface area contributed by atoms with E-state index in [1.165, 1.54) is 23.1 Å². The molecule has 0 unspecified atom stereocenters. The number of thioether (sulfide) groups is 1. The van der Waals surface area contributed by atoms with Crippen LogP contribution in [0.4, 0.5) is 5.13 Å². The fourth-order valence-electron chi connectivity index (χ4n) is 3.18. The summed E-state index contributed by atoms with van der Waals surface area (Å²) in [6.07, 6.45) is 4.29. The predicted molar refractivity (Wildman–Crippen MR) is 138 cm³/mol. The van der Waals surface area contributed by atoms with Crippen molar-refractivity contribution in [3.8, 4) is 17.1 Å². The average Bonchev–Trinajstić information content (AvgIpc) is 3.46. The van der Waals surface area contributed by atoms with Crippen LogP contribution in [-0.4, -0.2) is 38.5 Å². The number of halogens is 1. The number of carbonyl (C=O) groups excluding carboxylic acids is 1. The topological polar surface area (TPSA) is 81.9 Å². The van der Waals surface area contributed by atoms with Crippen LogP contribution in [0.3, 0.4) is 0 Å². The van der Waals surface area contributed by atoms with E-state index < -0.39 is 0 Å². The summed E-state index contributed by atoms with van der Waals surface area (Å²) in [7, 11) is 1.63. The van der Waals surface area contributed by atoms with Gasteiger partial charge < -0.3 is 10.1 Å². The highest BCUT2D eigenvalue weighted by Gasteiger charge is 2.16. The van der Waals surface area contributed by atoms with Gasteiger partial charge in [-0.2, -0.15) is 0 Å². The molecule has 2 heterocycles. The van der Waals surface area contributed by atoms with Crippen LogP contribution >= 0.6 is 34.7 Å². The monoisotopic (exact) mass is 511 g/mol. The van der Waals surface area contributed by atoms with Gasteiger partial charge in [0.25, 0.3) is 0 Å². The molecule has 2 aromatic heterocycles. The summed E-state index contributed by atoms with van der Waals surface area (Å²) in [6, 6.07) is 15.3. The maximum absolute atomic E-state index is 12.5. The Bertz CT molecular complexity index is 1270. The first kappa shape index (κ1) is 24.0. The molecule has 1 amide bonds. The van der Waals surface area contributed by atoms with Crippen LogP contribution in [-0.2, 0) is 17.8 Å². The molecule has 34 heavy (non-hydrogen) atoms. The molecular weight excluding hydrogens is 490 g/mol. The lowest BCUT2D eigenvalue weighted by Gasteiger charge is -2.08. The van der Waals surface area contributed by atoms with Gasteiger partial charge in [0.15, 0.2) is 16.1 Å². The zero-order chi connectivity index (χ0) is 23.9. The predicted octanol–water partition coefficient (Wildman–Crippen LogP) is 5.57. The number of nitrogens with zero attached hydrogens (tertiary/aromatic N) is 4. The first-order chi connectivity index (χ1) is 16.6. The molecule has 0 saturated heterocycles. The van der Waals surface area contributed by atoms with Crippen molar-refractivity contribution in [2.24, 2.45) is 0 Å². The van der Waals surface area contributed by atoms with Crippen LogP contribution in [0.15, 0.2) is 72.5 Å². The molecule has 0 aliphatic carbocycles. The largest absolute Gasteiger partial charge is 0.497 e. The number of methoxy groups -OCH3 is 1. The van der Waals surface area contributed by atoms with E-state index in [0.717, 1.165) is 28.2 Å². The summed E-state index contributed by atoms with van der Waals surface area (Å²) in [6.45, 7) is 4.35. The van der Waals surface area contributed by atoms with E-state index in [2.05, 4.69) is 27.1 Å². The molecule has 1 N–H and O–H groups in total. The summed E-state index contributed by atoms with van der Waals surface area (Å²) in [5.74, 6) is 1.50. The first-order valence-corrected chi connectivity index (χ1v) is 12.5. The lowest BCUT2D eigenvalue weighted by atomic mass is 10.1. The number of ether oxygens (including phenoxy) is 1. The summed E-state index contributed by atoms with van der Waals surface area (Å²) in [5.41, 5.74) is 2.04. The van der Waals surface area contributed by atoms with Crippen molar-refractivity contribution in [3.63, 3.8) is 0 Å². The van der Waals surface area contributed by atoms with Crippen LogP contribution in [0.25, 0.3) is 11.4 Å². The van der Waals surface area contributed by atoms with Crippen molar-refractivity contribution >= 4 is 45.7 Å². The Morgan fingerprint density at radius 1 is 1.21 bits per heavy atom. The number of allylic oxidation sites excluding steroid dienone is 1. The van der Waals surface area contributed by atoms with Crippen LogP contribution in [0, 0.1) is 0 Å². The molecule has 4 rings (SSSR count). The molecule has 0 saturated carbocycles. The molecule has 2 aromatic carbocycles. The number of aromatic nitrogens is 4. The van der Waals surface area contributed by atoms with E-state index >= 15 is 0 Å². The molecule has 0 radical (unpaired) electrons. The highest BCUT2D eigenvalue weighted by Crippen LogP contribution is 2.26. The second-order valence-corrected chi connectivity index (χ2v) is 9.70. The minimum Gasteiger partial charge on any atom is -0.497 e. The smallest absolute Gasteiger partial charge is 0.236 e. The SMILES string of the molecule is C=CCn1c(SCC(=O)Nc2ncc(Cc3ccc(Cl)cc3)s2)nnc1-c1ccc(OC)cc1. The maximum atomic E-state index is 12.5. The van der Waals surface area contributed by atoms with E-state index in [1.54, 1.807) is 19.4 Å². The Balaban J connectivity index is 1.37. The van der Waals surface area contributed by atoms with Crippen LogP contribution < -0.4 is 10.1 Å². The minimum absolute atomic E-state index is 0.156. The third-order valence-electron chi connectivity index (χ3n) is 4.80. The Labute approximate surface area is 210 Å². The molecule has 0 atom stereocenters. The van der Waals surface area contributed by atoms with Gasteiger partial charge in [-0.3, -0.25) is 9.36 Å². The van der Waals surface area contributed by atoms with Gasteiger partial charge in [-0.1, -0.05) is 41.6 Å². The molecule has 0 aliphatic heterocycles. The highest BCUT2D eigenvalue weighted by atomic mass is 35.5. The number of hydrogen-bond donors (Lipinski definition) is 1. The summed E-state index contributed by atoms with van der Waals surface area (Å²) in [4.78, 5) is 17.9. The van der Waals surface area contributed by atoms with Crippen molar-refractivity contribution in [2.75, 3.05) is 18.2 Å². The number of hydrogen-bond acceptors (Lipinski definition) is 7. The van der Waals surface area contributed by atoms with Gasteiger partial charge in [0.2, 0.25) is 5.91 Å². The van der Waals surface area contributed by atoms with E-state index in [4.69, 9.17) is 16.3 Å².